The number of carbonyl (C=O) groups excluding carboxylic acids is 2. The zero-order valence-corrected chi connectivity index (χ0v) is 19.6. The average Bonchev–Trinajstić information content (AvgIpc) is 3.29. The molecule has 9 nitrogen and oxygen atoms in total. The molecule has 1 atom stereocenters. The van der Waals surface area contributed by atoms with E-state index in [9.17, 15) is 18.0 Å². The molecule has 1 fully saturated rings. The second-order valence-electron chi connectivity index (χ2n) is 7.52. The predicted octanol–water partition coefficient (Wildman–Crippen LogP) is 2.71. The highest BCUT2D eigenvalue weighted by atomic mass is 35.5. The van der Waals surface area contributed by atoms with Crippen molar-refractivity contribution >= 4 is 45.1 Å². The molecule has 0 unspecified atom stereocenters. The van der Waals surface area contributed by atoms with Crippen LogP contribution in [0.2, 0.25) is 5.15 Å². The third-order valence-electron chi connectivity index (χ3n) is 5.17. The van der Waals surface area contributed by atoms with Gasteiger partial charge in [-0.1, -0.05) is 29.8 Å². The van der Waals surface area contributed by atoms with Crippen molar-refractivity contribution in [3.05, 3.63) is 52.8 Å². The molecule has 0 radical (unpaired) electrons. The van der Waals surface area contributed by atoms with Crippen molar-refractivity contribution in [1.82, 2.24) is 9.78 Å². The Kier molecular flexibility index (Phi) is 7.89. The third kappa shape index (κ3) is 6.21. The molecule has 33 heavy (non-hydrogen) atoms. The molecule has 2 aromatic rings. The van der Waals surface area contributed by atoms with Crippen LogP contribution in [0, 0.1) is 18.3 Å². The molecule has 174 valence electrons. The molecule has 0 N–H and O–H groups in total. The lowest BCUT2D eigenvalue weighted by Crippen LogP contribution is -2.35. The summed E-state index contributed by atoms with van der Waals surface area (Å²) in [5.74, 6) is -1.14. The Hall–Kier alpha value is -3.16. The van der Waals surface area contributed by atoms with Gasteiger partial charge in [-0.3, -0.25) is 4.79 Å². The largest absolute Gasteiger partial charge is 0.452 e. The average molecular weight is 491 g/mol. The first-order chi connectivity index (χ1) is 15.7. The lowest BCUT2D eigenvalue weighted by Gasteiger charge is -2.21. The van der Waals surface area contributed by atoms with Crippen LogP contribution in [0.15, 0.2) is 36.4 Å². The van der Waals surface area contributed by atoms with Gasteiger partial charge in [0.05, 0.1) is 35.7 Å². The van der Waals surface area contributed by atoms with Crippen LogP contribution >= 0.6 is 11.6 Å². The summed E-state index contributed by atoms with van der Waals surface area (Å²) in [4.78, 5) is 26.1. The number of benzene rings is 1. The Bertz CT molecular complexity index is 1200. The zero-order valence-electron chi connectivity index (χ0n) is 18.0. The van der Waals surface area contributed by atoms with Crippen LogP contribution in [-0.4, -0.2) is 54.7 Å². The number of amides is 1. The van der Waals surface area contributed by atoms with Gasteiger partial charge in [-0.05, 0) is 31.6 Å². The van der Waals surface area contributed by atoms with E-state index in [0.717, 1.165) is 6.08 Å². The van der Waals surface area contributed by atoms with Crippen molar-refractivity contribution in [2.45, 2.75) is 25.8 Å². The Morgan fingerprint density at radius 2 is 2.09 bits per heavy atom. The van der Waals surface area contributed by atoms with Crippen LogP contribution in [-0.2, 0) is 24.2 Å². The highest BCUT2D eigenvalue weighted by molar-refractivity contribution is 7.91. The molecule has 1 aromatic heterocycles. The zero-order chi connectivity index (χ0) is 24.0. The second kappa shape index (κ2) is 10.6. The number of esters is 1. The minimum Gasteiger partial charge on any atom is -0.452 e. The fourth-order valence-corrected chi connectivity index (χ4v) is 5.58. The number of carbonyl (C=O) groups is 2. The predicted molar refractivity (Wildman–Crippen MR) is 123 cm³/mol. The summed E-state index contributed by atoms with van der Waals surface area (Å²) in [5, 5.41) is 13.4. The van der Waals surface area contributed by atoms with Crippen molar-refractivity contribution in [1.29, 1.82) is 5.26 Å². The van der Waals surface area contributed by atoms with Gasteiger partial charge in [-0.2, -0.15) is 10.4 Å². The number of aromatic nitrogens is 2. The number of aryl methyl sites for hydroxylation is 1. The van der Waals surface area contributed by atoms with Gasteiger partial charge in [0.15, 0.2) is 16.4 Å². The third-order valence-corrected chi connectivity index (χ3v) is 7.29. The number of para-hydroxylation sites is 1. The van der Waals surface area contributed by atoms with Gasteiger partial charge in [0.1, 0.15) is 5.15 Å². The molecule has 1 aliphatic heterocycles. The van der Waals surface area contributed by atoms with Gasteiger partial charge in [-0.15, -0.1) is 0 Å². The number of anilines is 1. The van der Waals surface area contributed by atoms with Crippen molar-refractivity contribution in [3.63, 3.8) is 0 Å². The molecule has 1 amide bonds. The number of nitrogens with zero attached hydrogens (tertiary/aromatic N) is 4. The summed E-state index contributed by atoms with van der Waals surface area (Å²) in [5.41, 5.74) is 1.62. The monoisotopic (exact) mass is 490 g/mol. The number of sulfone groups is 1. The summed E-state index contributed by atoms with van der Waals surface area (Å²) in [6, 6.07) is 10.5. The minimum atomic E-state index is -3.10. The second-order valence-corrected chi connectivity index (χ2v) is 10.1. The summed E-state index contributed by atoms with van der Waals surface area (Å²) in [6.45, 7) is 1.39. The van der Waals surface area contributed by atoms with Gasteiger partial charge >= 0.3 is 5.97 Å². The van der Waals surface area contributed by atoms with Crippen LogP contribution in [0.4, 0.5) is 5.69 Å². The van der Waals surface area contributed by atoms with E-state index in [4.69, 9.17) is 21.6 Å². The van der Waals surface area contributed by atoms with Crippen LogP contribution in [0.3, 0.4) is 0 Å². The van der Waals surface area contributed by atoms with Crippen LogP contribution < -0.4 is 4.90 Å². The van der Waals surface area contributed by atoms with Crippen molar-refractivity contribution in [3.8, 4) is 6.07 Å². The van der Waals surface area contributed by atoms with E-state index in [1.165, 1.54) is 15.7 Å². The van der Waals surface area contributed by atoms with E-state index in [0.29, 0.717) is 23.4 Å². The summed E-state index contributed by atoms with van der Waals surface area (Å²) >= 11 is 6.39. The first-order valence-corrected chi connectivity index (χ1v) is 12.4. The molecule has 2 heterocycles. The summed E-state index contributed by atoms with van der Waals surface area (Å²) in [6.07, 6.45) is 3.14. The molecule has 1 aromatic carbocycles. The number of ether oxygens (including phenoxy) is 1. The van der Waals surface area contributed by atoms with Gasteiger partial charge in [0.25, 0.3) is 5.91 Å². The molecule has 3 rings (SSSR count). The molecule has 0 spiro atoms. The first-order valence-electron chi connectivity index (χ1n) is 10.2. The molecule has 1 aliphatic rings. The van der Waals surface area contributed by atoms with Gasteiger partial charge < -0.3 is 9.64 Å². The molecule has 0 bridgehead atoms. The van der Waals surface area contributed by atoms with E-state index >= 15 is 0 Å². The van der Waals surface area contributed by atoms with E-state index in [2.05, 4.69) is 5.10 Å². The standard InChI is InChI=1S/C22H23ClN4O5S/c1-16-19(22(23)27(25-16)18-10-13-33(30,31)15-18)8-9-21(29)32-14-20(28)26(12-5-11-24)17-6-3-2-4-7-17/h2-4,6-9,18H,5,10,12-15H2,1H3/b9-8+/t18-/m0/s1. The number of hydrogen-bond donors (Lipinski definition) is 0. The Labute approximate surface area is 197 Å². The van der Waals surface area contributed by atoms with Crippen molar-refractivity contribution in [2.24, 2.45) is 0 Å². The van der Waals surface area contributed by atoms with Crippen molar-refractivity contribution < 1.29 is 22.7 Å². The van der Waals surface area contributed by atoms with Crippen LogP contribution in [0.1, 0.15) is 30.1 Å². The van der Waals surface area contributed by atoms with Crippen molar-refractivity contribution in [2.75, 3.05) is 29.6 Å². The summed E-state index contributed by atoms with van der Waals surface area (Å²) < 4.78 is 30.0. The molecule has 0 saturated carbocycles. The fourth-order valence-electron chi connectivity index (χ4n) is 3.51. The topological polar surface area (TPSA) is 122 Å². The van der Waals surface area contributed by atoms with Crippen LogP contribution in [0.5, 0.6) is 0 Å². The SMILES string of the molecule is Cc1nn([C@H]2CCS(=O)(=O)C2)c(Cl)c1/C=C/C(=O)OCC(=O)N(CCC#N)c1ccccc1. The van der Waals surface area contributed by atoms with Gasteiger partial charge in [0, 0.05) is 23.9 Å². The number of hydrogen-bond acceptors (Lipinski definition) is 7. The Balaban J connectivity index is 1.63. The van der Waals surface area contributed by atoms with Crippen LogP contribution in [0.25, 0.3) is 6.08 Å². The number of nitriles is 1. The van der Waals surface area contributed by atoms with E-state index in [1.54, 1.807) is 31.2 Å². The molecular formula is C22H23ClN4O5S. The molecule has 11 heteroatoms. The number of halogens is 1. The maximum atomic E-state index is 12.6. The molecule has 0 aliphatic carbocycles. The number of rotatable bonds is 8. The van der Waals surface area contributed by atoms with Gasteiger partial charge in [0.2, 0.25) is 0 Å². The normalized spacial score (nSPS) is 17.1. The van der Waals surface area contributed by atoms with E-state index in [1.807, 2.05) is 12.1 Å². The maximum absolute atomic E-state index is 12.6. The molecule has 1 saturated heterocycles. The summed E-state index contributed by atoms with van der Waals surface area (Å²) in [7, 11) is -3.10. The maximum Gasteiger partial charge on any atom is 0.331 e. The quantitative estimate of drug-likeness (QED) is 0.411. The highest BCUT2D eigenvalue weighted by Crippen LogP contribution is 2.30. The fraction of sp³-hybridized carbons (Fsp3) is 0.364. The highest BCUT2D eigenvalue weighted by Gasteiger charge is 2.31. The molecular weight excluding hydrogens is 468 g/mol. The van der Waals surface area contributed by atoms with E-state index < -0.39 is 28.3 Å². The lowest BCUT2D eigenvalue weighted by molar-refractivity contribution is -0.142. The van der Waals surface area contributed by atoms with E-state index in [-0.39, 0.29) is 35.7 Å². The Morgan fingerprint density at radius 3 is 2.73 bits per heavy atom. The minimum absolute atomic E-state index is 0.0230. The first kappa shape index (κ1) is 24.5. The lowest BCUT2D eigenvalue weighted by atomic mass is 10.2. The van der Waals surface area contributed by atoms with Gasteiger partial charge in [-0.25, -0.2) is 17.9 Å². The smallest absolute Gasteiger partial charge is 0.331 e. The Morgan fingerprint density at radius 1 is 1.36 bits per heavy atom.